The van der Waals surface area contributed by atoms with Crippen molar-refractivity contribution in [3.63, 3.8) is 0 Å². The Labute approximate surface area is 56.7 Å². The first-order chi connectivity index (χ1) is 4.34. The third kappa shape index (κ3) is 1.32. The average Bonchev–Trinajstić information content (AvgIpc) is 2.37. The number of thiazole rings is 1. The Morgan fingerprint density at radius 1 is 1.89 bits per heavy atom. The van der Waals surface area contributed by atoms with Crippen molar-refractivity contribution in [1.82, 2.24) is 4.98 Å². The predicted molar refractivity (Wildman–Crippen MR) is 36.3 cm³/mol. The van der Waals surface area contributed by atoms with Crippen molar-refractivity contribution in [2.24, 2.45) is 5.18 Å². The zero-order valence-electron chi connectivity index (χ0n) is 4.94. The third-order valence-corrected chi connectivity index (χ3v) is 1.91. The molecule has 1 unspecified atom stereocenters. The van der Waals surface area contributed by atoms with Gasteiger partial charge in [-0.3, -0.25) is 0 Å². The summed E-state index contributed by atoms with van der Waals surface area (Å²) in [7, 11) is 0. The maximum absolute atomic E-state index is 9.92. The molecule has 1 aromatic rings. The van der Waals surface area contributed by atoms with E-state index in [0.717, 1.165) is 5.01 Å². The predicted octanol–water partition coefficient (Wildman–Crippen LogP) is 1.97. The summed E-state index contributed by atoms with van der Waals surface area (Å²) in [5, 5.41) is 5.44. The molecule has 0 N–H and O–H groups in total. The van der Waals surface area contributed by atoms with Gasteiger partial charge in [-0.25, -0.2) is 4.98 Å². The highest BCUT2D eigenvalue weighted by Crippen LogP contribution is 2.17. The van der Waals surface area contributed by atoms with Crippen molar-refractivity contribution in [3.05, 3.63) is 21.5 Å². The fraction of sp³-hybridized carbons (Fsp3) is 0.400. The Hall–Kier alpha value is -0.770. The van der Waals surface area contributed by atoms with Gasteiger partial charge in [0.05, 0.1) is 0 Å². The highest BCUT2D eigenvalue weighted by atomic mass is 32.1. The maximum Gasteiger partial charge on any atom is 0.141 e. The molecule has 0 saturated heterocycles. The lowest BCUT2D eigenvalue weighted by molar-refractivity contribution is 0.801. The standard InChI is InChI=1S/C5H6N2OS/c1-4(7-8)5-6-2-3-9-5/h2-4H,1H3. The van der Waals surface area contributed by atoms with Gasteiger partial charge >= 0.3 is 0 Å². The van der Waals surface area contributed by atoms with Gasteiger partial charge in [-0.2, -0.15) is 4.91 Å². The lowest BCUT2D eigenvalue weighted by atomic mass is 10.4. The van der Waals surface area contributed by atoms with Gasteiger partial charge in [0.25, 0.3) is 0 Å². The molecule has 4 heteroatoms. The molecule has 0 amide bonds. The van der Waals surface area contributed by atoms with Gasteiger partial charge in [-0.05, 0) is 6.92 Å². The molecule has 0 aliphatic carbocycles. The summed E-state index contributed by atoms with van der Waals surface area (Å²) < 4.78 is 0. The number of hydrogen-bond donors (Lipinski definition) is 0. The zero-order chi connectivity index (χ0) is 6.69. The quantitative estimate of drug-likeness (QED) is 0.592. The molecule has 1 heterocycles. The molecule has 0 aliphatic rings. The van der Waals surface area contributed by atoms with E-state index in [2.05, 4.69) is 10.2 Å². The van der Waals surface area contributed by atoms with Crippen LogP contribution >= 0.6 is 11.3 Å². The first-order valence-corrected chi connectivity index (χ1v) is 3.44. The second-order valence-corrected chi connectivity index (χ2v) is 2.58. The summed E-state index contributed by atoms with van der Waals surface area (Å²) in [4.78, 5) is 13.8. The van der Waals surface area contributed by atoms with Crippen molar-refractivity contribution in [3.8, 4) is 0 Å². The van der Waals surface area contributed by atoms with Crippen molar-refractivity contribution in [1.29, 1.82) is 0 Å². The van der Waals surface area contributed by atoms with Crippen molar-refractivity contribution in [2.45, 2.75) is 13.0 Å². The lowest BCUT2D eigenvalue weighted by Gasteiger charge is -1.91. The number of hydrogen-bond acceptors (Lipinski definition) is 4. The van der Waals surface area contributed by atoms with E-state index in [1.165, 1.54) is 11.3 Å². The minimum atomic E-state index is -0.287. The van der Waals surface area contributed by atoms with Gasteiger partial charge in [-0.15, -0.1) is 11.3 Å². The molecule has 9 heavy (non-hydrogen) atoms. The number of nitroso groups, excluding NO2 is 1. The lowest BCUT2D eigenvalue weighted by Crippen LogP contribution is -1.84. The number of rotatable bonds is 2. The van der Waals surface area contributed by atoms with Crippen LogP contribution in [-0.4, -0.2) is 4.98 Å². The summed E-state index contributed by atoms with van der Waals surface area (Å²) >= 11 is 1.45. The highest BCUT2D eigenvalue weighted by Gasteiger charge is 2.05. The molecule has 3 nitrogen and oxygen atoms in total. The van der Waals surface area contributed by atoms with E-state index >= 15 is 0 Å². The Morgan fingerprint density at radius 2 is 2.67 bits per heavy atom. The largest absolute Gasteiger partial charge is 0.247 e. The van der Waals surface area contributed by atoms with Crippen LogP contribution in [-0.2, 0) is 0 Å². The molecule has 48 valence electrons. The fourth-order valence-corrected chi connectivity index (χ4v) is 1.11. The van der Waals surface area contributed by atoms with Crippen LogP contribution in [0.4, 0.5) is 0 Å². The van der Waals surface area contributed by atoms with Crippen molar-refractivity contribution in [2.75, 3.05) is 0 Å². The molecule has 1 aromatic heterocycles. The van der Waals surface area contributed by atoms with Crippen molar-refractivity contribution < 1.29 is 0 Å². The first kappa shape index (κ1) is 6.35. The number of nitrogens with zero attached hydrogens (tertiary/aromatic N) is 2. The van der Waals surface area contributed by atoms with Crippen LogP contribution in [0.2, 0.25) is 0 Å². The molecule has 0 fully saturated rings. The second-order valence-electron chi connectivity index (χ2n) is 1.65. The molecule has 1 atom stereocenters. The summed E-state index contributed by atoms with van der Waals surface area (Å²) in [5.74, 6) is 0. The van der Waals surface area contributed by atoms with Crippen LogP contribution in [0.3, 0.4) is 0 Å². The van der Waals surface area contributed by atoms with E-state index < -0.39 is 0 Å². The smallest absolute Gasteiger partial charge is 0.141 e. The zero-order valence-corrected chi connectivity index (χ0v) is 5.76. The summed E-state index contributed by atoms with van der Waals surface area (Å²) in [5.41, 5.74) is 0. The van der Waals surface area contributed by atoms with Gasteiger partial charge in [0.1, 0.15) is 11.0 Å². The molecule has 0 saturated carbocycles. The van der Waals surface area contributed by atoms with E-state index in [4.69, 9.17) is 0 Å². The molecule has 0 spiro atoms. The van der Waals surface area contributed by atoms with Gasteiger partial charge in [0, 0.05) is 11.6 Å². The topological polar surface area (TPSA) is 42.3 Å². The Bertz CT molecular complexity index is 185. The van der Waals surface area contributed by atoms with Crippen LogP contribution in [0, 0.1) is 4.91 Å². The Balaban J connectivity index is 2.76. The van der Waals surface area contributed by atoms with Crippen LogP contribution in [0.5, 0.6) is 0 Å². The Kier molecular flexibility index (Phi) is 1.89. The van der Waals surface area contributed by atoms with E-state index in [0.29, 0.717) is 0 Å². The van der Waals surface area contributed by atoms with Crippen molar-refractivity contribution >= 4 is 11.3 Å². The van der Waals surface area contributed by atoms with Gasteiger partial charge in [-0.1, -0.05) is 5.18 Å². The minimum absolute atomic E-state index is 0.287. The van der Waals surface area contributed by atoms with Crippen LogP contribution in [0.25, 0.3) is 0 Å². The van der Waals surface area contributed by atoms with Crippen LogP contribution in [0.15, 0.2) is 16.8 Å². The molecular weight excluding hydrogens is 136 g/mol. The highest BCUT2D eigenvalue weighted by molar-refractivity contribution is 7.09. The molecule has 0 aliphatic heterocycles. The van der Waals surface area contributed by atoms with Crippen LogP contribution < -0.4 is 0 Å². The second kappa shape index (κ2) is 2.68. The summed E-state index contributed by atoms with van der Waals surface area (Å²) in [6.07, 6.45) is 1.67. The number of aromatic nitrogens is 1. The average molecular weight is 142 g/mol. The molecule has 0 aromatic carbocycles. The maximum atomic E-state index is 9.92. The molecular formula is C5H6N2OS. The molecule has 1 rings (SSSR count). The Morgan fingerprint density at radius 3 is 3.11 bits per heavy atom. The van der Waals surface area contributed by atoms with Gasteiger partial charge in [0.2, 0.25) is 0 Å². The normalized spacial score (nSPS) is 13.0. The fourth-order valence-electron chi connectivity index (χ4n) is 0.486. The summed E-state index contributed by atoms with van der Waals surface area (Å²) in [6, 6.07) is -0.287. The van der Waals surface area contributed by atoms with Gasteiger partial charge in [0.15, 0.2) is 0 Å². The SMILES string of the molecule is CC(N=O)c1nccs1. The van der Waals surface area contributed by atoms with E-state index in [-0.39, 0.29) is 6.04 Å². The summed E-state index contributed by atoms with van der Waals surface area (Å²) in [6.45, 7) is 1.73. The monoisotopic (exact) mass is 142 g/mol. The molecule has 0 radical (unpaired) electrons. The van der Waals surface area contributed by atoms with E-state index in [1.807, 2.05) is 5.38 Å². The van der Waals surface area contributed by atoms with Gasteiger partial charge < -0.3 is 0 Å². The van der Waals surface area contributed by atoms with Crippen LogP contribution in [0.1, 0.15) is 18.0 Å². The van der Waals surface area contributed by atoms with E-state index in [9.17, 15) is 4.91 Å². The van der Waals surface area contributed by atoms with E-state index in [1.54, 1.807) is 13.1 Å². The third-order valence-electron chi connectivity index (χ3n) is 0.967. The minimum Gasteiger partial charge on any atom is -0.247 e. The molecule has 0 bridgehead atoms. The first-order valence-electron chi connectivity index (χ1n) is 2.56.